The van der Waals surface area contributed by atoms with Gasteiger partial charge < -0.3 is 21.1 Å². The lowest BCUT2D eigenvalue weighted by atomic mass is 9.98. The van der Waals surface area contributed by atoms with Crippen LogP contribution in [0.1, 0.15) is 24.4 Å². The average Bonchev–Trinajstić information content (AvgIpc) is 3.03. The van der Waals surface area contributed by atoms with Crippen molar-refractivity contribution in [3.05, 3.63) is 23.8 Å². The van der Waals surface area contributed by atoms with E-state index in [1.165, 1.54) is 18.2 Å². The summed E-state index contributed by atoms with van der Waals surface area (Å²) in [6, 6.07) is 3.52. The molecule has 0 heterocycles. The van der Waals surface area contributed by atoms with Crippen LogP contribution in [0, 0.1) is 5.92 Å². The maximum atomic E-state index is 9.81. The molecule has 5 N–H and O–H groups in total. The van der Waals surface area contributed by atoms with Gasteiger partial charge in [0, 0.05) is 5.56 Å². The highest BCUT2D eigenvalue weighted by Gasteiger charge is 2.35. The molecule has 0 saturated heterocycles. The second-order valence-electron chi connectivity index (χ2n) is 4.10. The summed E-state index contributed by atoms with van der Waals surface area (Å²) in [4.78, 5) is 0. The summed E-state index contributed by atoms with van der Waals surface area (Å²) < 4.78 is 0. The van der Waals surface area contributed by atoms with Gasteiger partial charge in [0.15, 0.2) is 0 Å². The Hall–Kier alpha value is -1.26. The van der Waals surface area contributed by atoms with Crippen LogP contribution in [0.15, 0.2) is 18.2 Å². The van der Waals surface area contributed by atoms with Gasteiger partial charge in [0.2, 0.25) is 0 Å². The number of hydrogen-bond donors (Lipinski definition) is 4. The van der Waals surface area contributed by atoms with Crippen LogP contribution in [-0.4, -0.2) is 21.4 Å². The lowest BCUT2D eigenvalue weighted by molar-refractivity contribution is 0.121. The average molecular weight is 209 g/mol. The van der Waals surface area contributed by atoms with Gasteiger partial charge in [-0.3, -0.25) is 0 Å². The van der Waals surface area contributed by atoms with Crippen molar-refractivity contribution in [1.82, 2.24) is 0 Å². The molecule has 0 aromatic heterocycles. The van der Waals surface area contributed by atoms with E-state index < -0.39 is 12.1 Å². The molecule has 4 nitrogen and oxygen atoms in total. The number of aromatic hydroxyl groups is 2. The Morgan fingerprint density at radius 3 is 2.53 bits per heavy atom. The van der Waals surface area contributed by atoms with Crippen LogP contribution >= 0.6 is 0 Å². The molecule has 0 bridgehead atoms. The zero-order valence-corrected chi connectivity index (χ0v) is 8.30. The van der Waals surface area contributed by atoms with Crippen LogP contribution < -0.4 is 5.73 Å². The van der Waals surface area contributed by atoms with Crippen LogP contribution in [0.4, 0.5) is 0 Å². The van der Waals surface area contributed by atoms with Crippen molar-refractivity contribution in [2.45, 2.75) is 25.0 Å². The number of aliphatic hydroxyl groups excluding tert-OH is 1. The highest BCUT2D eigenvalue weighted by molar-refractivity contribution is 5.41. The zero-order chi connectivity index (χ0) is 11.0. The predicted molar refractivity (Wildman–Crippen MR) is 55.4 cm³/mol. The van der Waals surface area contributed by atoms with Crippen molar-refractivity contribution >= 4 is 0 Å². The van der Waals surface area contributed by atoms with Crippen LogP contribution in [0.25, 0.3) is 0 Å². The minimum atomic E-state index is -0.641. The van der Waals surface area contributed by atoms with Crippen molar-refractivity contribution in [2.75, 3.05) is 0 Å². The van der Waals surface area contributed by atoms with E-state index in [1.54, 1.807) is 0 Å². The molecule has 2 rings (SSSR count). The van der Waals surface area contributed by atoms with Crippen LogP contribution in [0.5, 0.6) is 11.5 Å². The Labute approximate surface area is 88.0 Å². The van der Waals surface area contributed by atoms with Gasteiger partial charge in [0.25, 0.3) is 0 Å². The largest absolute Gasteiger partial charge is 0.508 e. The van der Waals surface area contributed by atoms with Gasteiger partial charge in [-0.05, 0) is 37.0 Å². The van der Waals surface area contributed by atoms with E-state index in [4.69, 9.17) is 5.73 Å². The first-order valence-corrected chi connectivity index (χ1v) is 5.05. The van der Waals surface area contributed by atoms with Gasteiger partial charge in [-0.15, -0.1) is 0 Å². The third-order valence-electron chi connectivity index (χ3n) is 2.84. The number of aliphatic hydroxyl groups is 1. The van der Waals surface area contributed by atoms with E-state index in [0.29, 0.717) is 5.56 Å². The lowest BCUT2D eigenvalue weighted by Crippen LogP contribution is -2.27. The van der Waals surface area contributed by atoms with Crippen LogP contribution in [0.3, 0.4) is 0 Å². The summed E-state index contributed by atoms with van der Waals surface area (Å²) >= 11 is 0. The Balaban J connectivity index is 2.23. The molecule has 82 valence electrons. The van der Waals surface area contributed by atoms with E-state index in [2.05, 4.69) is 0 Å². The highest BCUT2D eigenvalue weighted by atomic mass is 16.3. The zero-order valence-electron chi connectivity index (χ0n) is 8.30. The van der Waals surface area contributed by atoms with E-state index in [0.717, 1.165) is 12.8 Å². The molecule has 0 aliphatic heterocycles. The summed E-state index contributed by atoms with van der Waals surface area (Å²) in [5.74, 6) is 0.294. The first-order valence-electron chi connectivity index (χ1n) is 5.05. The SMILES string of the molecule is N[C@@H](c1cc(O)ccc1O)[C@H](O)C1CC1. The normalized spacial score (nSPS) is 19.9. The van der Waals surface area contributed by atoms with Crippen LogP contribution in [0.2, 0.25) is 0 Å². The number of phenolic OH excluding ortho intramolecular Hbond substituents is 2. The summed E-state index contributed by atoms with van der Waals surface area (Å²) in [5.41, 5.74) is 6.23. The van der Waals surface area contributed by atoms with Gasteiger partial charge in [0.05, 0.1) is 12.1 Å². The van der Waals surface area contributed by atoms with Crippen molar-refractivity contribution in [3.8, 4) is 11.5 Å². The number of benzene rings is 1. The molecule has 0 unspecified atom stereocenters. The Morgan fingerprint density at radius 2 is 1.93 bits per heavy atom. The second-order valence-corrected chi connectivity index (χ2v) is 4.10. The summed E-state index contributed by atoms with van der Waals surface area (Å²) in [6.45, 7) is 0. The van der Waals surface area contributed by atoms with Crippen LogP contribution in [-0.2, 0) is 0 Å². The first-order chi connectivity index (χ1) is 7.09. The summed E-state index contributed by atoms with van der Waals surface area (Å²) in [6.07, 6.45) is 1.32. The molecule has 1 fully saturated rings. The number of phenols is 2. The molecular formula is C11H15NO3. The number of hydrogen-bond acceptors (Lipinski definition) is 4. The van der Waals surface area contributed by atoms with E-state index in [9.17, 15) is 15.3 Å². The lowest BCUT2D eigenvalue weighted by Gasteiger charge is -2.19. The number of nitrogens with two attached hydrogens (primary N) is 1. The predicted octanol–water partition coefficient (Wildman–Crippen LogP) is 0.868. The summed E-state index contributed by atoms with van der Waals surface area (Å²) in [7, 11) is 0. The fourth-order valence-corrected chi connectivity index (χ4v) is 1.72. The van der Waals surface area contributed by atoms with Gasteiger partial charge in [0.1, 0.15) is 11.5 Å². The standard InChI is InChI=1S/C11H15NO3/c12-10(11(15)6-1-2-6)8-5-7(13)3-4-9(8)14/h3-6,10-11,13-15H,1-2,12H2/t10-,11+/m0/s1. The van der Waals surface area contributed by atoms with Gasteiger partial charge >= 0.3 is 0 Å². The van der Waals surface area contributed by atoms with E-state index in [-0.39, 0.29) is 17.4 Å². The van der Waals surface area contributed by atoms with E-state index in [1.807, 2.05) is 0 Å². The second kappa shape index (κ2) is 3.72. The number of rotatable bonds is 3. The van der Waals surface area contributed by atoms with Crippen molar-refractivity contribution < 1.29 is 15.3 Å². The third kappa shape index (κ3) is 2.06. The molecule has 0 radical (unpaired) electrons. The minimum Gasteiger partial charge on any atom is -0.508 e. The molecule has 1 saturated carbocycles. The molecule has 1 aliphatic carbocycles. The molecule has 1 aliphatic rings. The smallest absolute Gasteiger partial charge is 0.120 e. The van der Waals surface area contributed by atoms with Gasteiger partial charge in [-0.1, -0.05) is 0 Å². The first kappa shape index (κ1) is 10.3. The fourth-order valence-electron chi connectivity index (χ4n) is 1.72. The molecule has 0 spiro atoms. The third-order valence-corrected chi connectivity index (χ3v) is 2.84. The molecular weight excluding hydrogens is 194 g/mol. The quantitative estimate of drug-likeness (QED) is 0.556. The topological polar surface area (TPSA) is 86.7 Å². The maximum absolute atomic E-state index is 9.81. The van der Waals surface area contributed by atoms with E-state index >= 15 is 0 Å². The van der Waals surface area contributed by atoms with Gasteiger partial charge in [-0.25, -0.2) is 0 Å². The Bertz CT molecular complexity index is 363. The highest BCUT2D eigenvalue weighted by Crippen LogP contribution is 2.39. The molecule has 1 aromatic carbocycles. The minimum absolute atomic E-state index is 0.0139. The molecule has 1 aromatic rings. The van der Waals surface area contributed by atoms with Crippen molar-refractivity contribution in [1.29, 1.82) is 0 Å². The van der Waals surface area contributed by atoms with Gasteiger partial charge in [-0.2, -0.15) is 0 Å². The molecule has 4 heteroatoms. The monoisotopic (exact) mass is 209 g/mol. The molecule has 2 atom stereocenters. The summed E-state index contributed by atoms with van der Waals surface area (Å²) in [5, 5.41) is 28.6. The molecule has 0 amide bonds. The van der Waals surface area contributed by atoms with Crippen molar-refractivity contribution in [3.63, 3.8) is 0 Å². The Kier molecular flexibility index (Phi) is 2.54. The maximum Gasteiger partial charge on any atom is 0.120 e. The molecule has 15 heavy (non-hydrogen) atoms. The Morgan fingerprint density at radius 1 is 1.27 bits per heavy atom. The van der Waals surface area contributed by atoms with Crippen molar-refractivity contribution in [2.24, 2.45) is 11.7 Å². The fraction of sp³-hybridized carbons (Fsp3) is 0.455.